The number of hydrogen-bond donors (Lipinski definition) is 1. The molecule has 0 aliphatic heterocycles. The number of anilines is 1. The molecule has 1 aromatic rings. The molecule has 156 valence electrons. The summed E-state index contributed by atoms with van der Waals surface area (Å²) >= 11 is 0. The van der Waals surface area contributed by atoms with Gasteiger partial charge in [0.15, 0.2) is 0 Å². The van der Waals surface area contributed by atoms with Crippen molar-refractivity contribution in [2.24, 2.45) is 0 Å². The third-order valence-corrected chi connectivity index (χ3v) is 6.88. The highest BCUT2D eigenvalue weighted by molar-refractivity contribution is 7.62. The van der Waals surface area contributed by atoms with Crippen LogP contribution in [0.5, 0.6) is 0 Å². The Kier molecular flexibility index (Phi) is 10.6. The van der Waals surface area contributed by atoms with Gasteiger partial charge in [0, 0.05) is 6.54 Å². The molecule has 0 atom stereocenters. The Morgan fingerprint density at radius 2 is 1.15 bits per heavy atom. The SMILES string of the molecule is CCCCNc1nc(P(=O)(OCC)OCC)nc(P(=O)(OCC)OCC)n1. The molecular formula is C15H30N4O6P2. The molecule has 1 heterocycles. The summed E-state index contributed by atoms with van der Waals surface area (Å²) in [6.07, 6.45) is 1.84. The summed E-state index contributed by atoms with van der Waals surface area (Å²) in [5.41, 5.74) is -0.454. The quantitative estimate of drug-likeness (QED) is 0.352. The van der Waals surface area contributed by atoms with E-state index < -0.39 is 15.2 Å². The molecule has 0 unspecified atom stereocenters. The molecule has 0 spiro atoms. The van der Waals surface area contributed by atoms with Crippen LogP contribution in [0.25, 0.3) is 0 Å². The van der Waals surface area contributed by atoms with Crippen LogP contribution in [0.15, 0.2) is 0 Å². The molecule has 0 fully saturated rings. The number of rotatable bonds is 14. The lowest BCUT2D eigenvalue weighted by Gasteiger charge is -2.19. The van der Waals surface area contributed by atoms with Gasteiger partial charge in [0.1, 0.15) is 0 Å². The fraction of sp³-hybridized carbons (Fsp3) is 0.800. The summed E-state index contributed by atoms with van der Waals surface area (Å²) in [6, 6.07) is 0. The van der Waals surface area contributed by atoms with Crippen LogP contribution >= 0.6 is 15.2 Å². The minimum atomic E-state index is -3.81. The third kappa shape index (κ3) is 6.89. The first-order valence-corrected chi connectivity index (χ1v) is 12.3. The smallest absolute Gasteiger partial charge is 0.354 e. The molecule has 27 heavy (non-hydrogen) atoms. The monoisotopic (exact) mass is 424 g/mol. The minimum absolute atomic E-state index is 0.114. The van der Waals surface area contributed by atoms with Crippen molar-refractivity contribution in [3.63, 3.8) is 0 Å². The Morgan fingerprint density at radius 1 is 0.741 bits per heavy atom. The van der Waals surface area contributed by atoms with Crippen molar-refractivity contribution >= 4 is 32.3 Å². The summed E-state index contributed by atoms with van der Waals surface area (Å²) in [6.45, 7) is 9.87. The maximum absolute atomic E-state index is 13.1. The van der Waals surface area contributed by atoms with Crippen LogP contribution in [0.1, 0.15) is 47.5 Å². The second-order valence-electron chi connectivity index (χ2n) is 5.21. The Balaban J connectivity index is 3.47. The lowest BCUT2D eigenvalue weighted by Crippen LogP contribution is -2.31. The lowest BCUT2D eigenvalue weighted by atomic mass is 10.3. The van der Waals surface area contributed by atoms with Gasteiger partial charge in [-0.05, 0) is 34.1 Å². The molecule has 1 aromatic heterocycles. The molecule has 1 rings (SSSR count). The maximum Gasteiger partial charge on any atom is 0.398 e. The highest BCUT2D eigenvalue weighted by atomic mass is 31.2. The molecule has 12 heteroatoms. The summed E-state index contributed by atoms with van der Waals surface area (Å²) in [7, 11) is -7.61. The van der Waals surface area contributed by atoms with Crippen LogP contribution < -0.4 is 16.4 Å². The molecule has 0 amide bonds. The van der Waals surface area contributed by atoms with Crippen LogP contribution in [0.2, 0.25) is 0 Å². The van der Waals surface area contributed by atoms with Gasteiger partial charge >= 0.3 is 15.2 Å². The van der Waals surface area contributed by atoms with E-state index in [0.717, 1.165) is 12.8 Å². The van der Waals surface area contributed by atoms with Gasteiger partial charge in [0.2, 0.25) is 17.1 Å². The zero-order valence-corrected chi connectivity index (χ0v) is 18.4. The van der Waals surface area contributed by atoms with Crippen LogP contribution in [0.3, 0.4) is 0 Å². The highest BCUT2D eigenvalue weighted by Crippen LogP contribution is 2.48. The van der Waals surface area contributed by atoms with Gasteiger partial charge in [-0.2, -0.15) is 15.0 Å². The van der Waals surface area contributed by atoms with Gasteiger partial charge in [-0.3, -0.25) is 9.13 Å². The van der Waals surface area contributed by atoms with Crippen LogP contribution in [0.4, 0.5) is 5.95 Å². The predicted octanol–water partition coefficient (Wildman–Crippen LogP) is 2.87. The van der Waals surface area contributed by atoms with Gasteiger partial charge in [0.25, 0.3) is 0 Å². The van der Waals surface area contributed by atoms with Gasteiger partial charge in [-0.25, -0.2) is 0 Å². The molecule has 10 nitrogen and oxygen atoms in total. The van der Waals surface area contributed by atoms with Crippen molar-refractivity contribution in [1.82, 2.24) is 15.0 Å². The molecule has 1 N–H and O–H groups in total. The average molecular weight is 424 g/mol. The van der Waals surface area contributed by atoms with E-state index >= 15 is 0 Å². The van der Waals surface area contributed by atoms with Crippen molar-refractivity contribution in [1.29, 1.82) is 0 Å². The molecule has 0 aliphatic carbocycles. The van der Waals surface area contributed by atoms with E-state index in [4.69, 9.17) is 18.1 Å². The molecular weight excluding hydrogens is 394 g/mol. The van der Waals surface area contributed by atoms with E-state index in [9.17, 15) is 9.13 Å². The normalized spacial score (nSPS) is 12.3. The van der Waals surface area contributed by atoms with Crippen molar-refractivity contribution in [2.75, 3.05) is 38.3 Å². The molecule has 0 bridgehead atoms. The van der Waals surface area contributed by atoms with E-state index in [2.05, 4.69) is 20.3 Å². The molecule has 0 saturated heterocycles. The standard InChI is InChI=1S/C15H30N4O6P2/c1-6-11-12-16-13-17-14(26(20,22-7-2)23-8-3)19-15(18-13)27(21,24-9-4)25-10-5/h6-12H2,1-5H3,(H,16,17,18,19). The minimum Gasteiger partial charge on any atom is -0.354 e. The van der Waals surface area contributed by atoms with Crippen molar-refractivity contribution in [3.8, 4) is 0 Å². The fourth-order valence-electron chi connectivity index (χ4n) is 2.04. The van der Waals surface area contributed by atoms with Crippen LogP contribution in [-0.2, 0) is 27.2 Å². The number of nitrogens with one attached hydrogen (secondary N) is 1. The number of aromatic nitrogens is 3. The summed E-state index contributed by atoms with van der Waals surface area (Å²) < 4.78 is 47.4. The van der Waals surface area contributed by atoms with Gasteiger partial charge in [-0.1, -0.05) is 13.3 Å². The molecule has 0 aliphatic rings. The zero-order valence-electron chi connectivity index (χ0n) is 16.6. The number of nitrogens with zero attached hydrogens (tertiary/aromatic N) is 3. The average Bonchev–Trinajstić information content (AvgIpc) is 2.62. The molecule has 0 saturated carbocycles. The van der Waals surface area contributed by atoms with Gasteiger partial charge in [-0.15, -0.1) is 0 Å². The largest absolute Gasteiger partial charge is 0.398 e. The van der Waals surface area contributed by atoms with E-state index in [-0.39, 0.29) is 43.5 Å². The second kappa shape index (κ2) is 11.8. The van der Waals surface area contributed by atoms with Crippen LogP contribution in [0, 0.1) is 0 Å². The second-order valence-corrected chi connectivity index (χ2v) is 9.03. The van der Waals surface area contributed by atoms with Crippen LogP contribution in [-0.4, -0.2) is 47.9 Å². The first kappa shape index (κ1) is 24.1. The highest BCUT2D eigenvalue weighted by Gasteiger charge is 2.37. The summed E-state index contributed by atoms with van der Waals surface area (Å²) in [5.74, 6) is 0.114. The van der Waals surface area contributed by atoms with Crippen molar-refractivity contribution in [2.45, 2.75) is 47.5 Å². The number of unbranched alkanes of at least 4 members (excludes halogenated alkanes) is 1. The summed E-state index contributed by atoms with van der Waals surface area (Å²) in [5, 5.41) is 3.01. The number of hydrogen-bond acceptors (Lipinski definition) is 10. The Hall–Kier alpha value is -0.890. The fourth-order valence-corrected chi connectivity index (χ4v) is 4.96. The summed E-state index contributed by atoms with van der Waals surface area (Å²) in [4.78, 5) is 12.4. The van der Waals surface area contributed by atoms with Crippen molar-refractivity contribution < 1.29 is 27.2 Å². The Morgan fingerprint density at radius 3 is 1.48 bits per heavy atom. The first-order chi connectivity index (χ1) is 12.9. The van der Waals surface area contributed by atoms with E-state index in [0.29, 0.717) is 6.54 Å². The molecule has 0 aromatic carbocycles. The van der Waals surface area contributed by atoms with Crippen molar-refractivity contribution in [3.05, 3.63) is 0 Å². The van der Waals surface area contributed by atoms with E-state index in [1.165, 1.54) is 0 Å². The molecule has 0 radical (unpaired) electrons. The van der Waals surface area contributed by atoms with E-state index in [1.807, 2.05) is 6.92 Å². The third-order valence-electron chi connectivity index (χ3n) is 3.11. The van der Waals surface area contributed by atoms with Gasteiger partial charge in [0.05, 0.1) is 26.4 Å². The maximum atomic E-state index is 13.1. The zero-order chi connectivity index (χ0) is 20.3. The predicted molar refractivity (Wildman–Crippen MR) is 104 cm³/mol. The first-order valence-electron chi connectivity index (χ1n) is 9.18. The Labute approximate surface area is 160 Å². The Bertz CT molecular complexity index is 607. The topological polar surface area (TPSA) is 122 Å². The van der Waals surface area contributed by atoms with Gasteiger partial charge < -0.3 is 23.4 Å². The van der Waals surface area contributed by atoms with E-state index in [1.54, 1.807) is 27.7 Å². The lowest BCUT2D eigenvalue weighted by molar-refractivity contribution is 0.227.